The number of nitrogens with zero attached hydrogens (tertiary/aromatic N) is 3. The molecule has 2 heterocycles. The summed E-state index contributed by atoms with van der Waals surface area (Å²) in [5.74, 6) is 0.506. The Kier molecular flexibility index (Phi) is 4.56. The van der Waals surface area contributed by atoms with Crippen LogP contribution in [0.3, 0.4) is 0 Å². The van der Waals surface area contributed by atoms with Gasteiger partial charge in [0.25, 0.3) is 0 Å². The van der Waals surface area contributed by atoms with Gasteiger partial charge in [0.2, 0.25) is 10.0 Å². The second-order valence-corrected chi connectivity index (χ2v) is 7.79. The van der Waals surface area contributed by atoms with Crippen LogP contribution in [0.2, 0.25) is 0 Å². The van der Waals surface area contributed by atoms with Crippen molar-refractivity contribution in [1.29, 1.82) is 0 Å². The van der Waals surface area contributed by atoms with Crippen molar-refractivity contribution in [2.24, 2.45) is 0 Å². The highest BCUT2D eigenvalue weighted by molar-refractivity contribution is 7.89. The van der Waals surface area contributed by atoms with Crippen LogP contribution >= 0.6 is 11.6 Å². The maximum Gasteiger partial charge on any atom is 0.214 e. The minimum atomic E-state index is -3.18. The van der Waals surface area contributed by atoms with Gasteiger partial charge in [-0.25, -0.2) is 13.4 Å². The van der Waals surface area contributed by atoms with Crippen LogP contribution in [-0.2, 0) is 10.0 Å². The average Bonchev–Trinajstić information content (AvgIpc) is 3.01. The molecule has 1 aromatic heterocycles. The van der Waals surface area contributed by atoms with Gasteiger partial charge in [-0.3, -0.25) is 0 Å². The summed E-state index contributed by atoms with van der Waals surface area (Å²) in [5.41, 5.74) is 2.98. The number of nitrogens with one attached hydrogen (secondary N) is 1. The summed E-state index contributed by atoms with van der Waals surface area (Å²) in [6, 6.07) is 6.00. The van der Waals surface area contributed by atoms with Crippen molar-refractivity contribution in [3.05, 3.63) is 24.5 Å². The van der Waals surface area contributed by atoms with E-state index >= 15 is 0 Å². The predicted octanol–water partition coefficient (Wildman–Crippen LogP) is 1.64. The first-order chi connectivity index (χ1) is 10.6. The Morgan fingerprint density at radius 1 is 1.23 bits per heavy atom. The minimum absolute atomic E-state index is 0.130. The molecule has 120 valence electrons. The van der Waals surface area contributed by atoms with Gasteiger partial charge in [0, 0.05) is 32.1 Å². The highest BCUT2D eigenvalue weighted by atomic mass is 35.5. The molecule has 6 nitrogen and oxygen atoms in total. The molecular weight excluding hydrogens is 324 g/mol. The molecule has 0 atom stereocenters. The molecule has 1 aromatic carbocycles. The third-order valence-corrected chi connectivity index (χ3v) is 6.16. The highest BCUT2D eigenvalue weighted by Gasteiger charge is 2.27. The second-order valence-electron chi connectivity index (χ2n) is 5.32. The number of para-hydroxylation sites is 1. The van der Waals surface area contributed by atoms with Gasteiger partial charge in [0.1, 0.15) is 5.52 Å². The van der Waals surface area contributed by atoms with Crippen molar-refractivity contribution in [3.63, 3.8) is 0 Å². The Morgan fingerprint density at radius 3 is 2.73 bits per heavy atom. The molecule has 22 heavy (non-hydrogen) atoms. The Labute approximate surface area is 135 Å². The molecular formula is C14H19ClN4O2S. The molecule has 0 radical (unpaired) electrons. The highest BCUT2D eigenvalue weighted by Crippen LogP contribution is 2.25. The number of aromatic amines is 1. The van der Waals surface area contributed by atoms with E-state index in [1.165, 1.54) is 0 Å². The van der Waals surface area contributed by atoms with Gasteiger partial charge in [-0.1, -0.05) is 6.07 Å². The lowest BCUT2D eigenvalue weighted by Crippen LogP contribution is -2.49. The molecule has 2 aromatic rings. The molecule has 0 bridgehead atoms. The van der Waals surface area contributed by atoms with Crippen molar-refractivity contribution < 1.29 is 8.42 Å². The molecule has 0 spiro atoms. The minimum Gasteiger partial charge on any atom is -0.367 e. The number of H-pyrrole nitrogens is 1. The number of halogens is 1. The fourth-order valence-electron chi connectivity index (χ4n) is 2.78. The van der Waals surface area contributed by atoms with E-state index in [2.05, 4.69) is 14.9 Å². The molecule has 1 N–H and O–H groups in total. The number of piperazine rings is 1. The molecule has 8 heteroatoms. The van der Waals surface area contributed by atoms with Gasteiger partial charge in [-0.05, 0) is 18.6 Å². The number of anilines is 1. The molecule has 1 aliphatic heterocycles. The monoisotopic (exact) mass is 342 g/mol. The topological polar surface area (TPSA) is 69.3 Å². The van der Waals surface area contributed by atoms with E-state index < -0.39 is 10.0 Å². The zero-order valence-corrected chi connectivity index (χ0v) is 13.8. The summed E-state index contributed by atoms with van der Waals surface area (Å²) >= 11 is 5.59. The van der Waals surface area contributed by atoms with Gasteiger partial charge in [-0.15, -0.1) is 11.6 Å². The maximum absolute atomic E-state index is 12.2. The van der Waals surface area contributed by atoms with Crippen LogP contribution in [0.4, 0.5) is 5.69 Å². The van der Waals surface area contributed by atoms with Crippen LogP contribution in [0.15, 0.2) is 24.5 Å². The lowest BCUT2D eigenvalue weighted by molar-refractivity contribution is 0.385. The van der Waals surface area contributed by atoms with Gasteiger partial charge >= 0.3 is 0 Å². The quantitative estimate of drug-likeness (QED) is 0.839. The van der Waals surface area contributed by atoms with Crippen molar-refractivity contribution in [1.82, 2.24) is 14.3 Å². The van der Waals surface area contributed by atoms with Crippen molar-refractivity contribution >= 4 is 38.3 Å². The number of aromatic nitrogens is 2. The summed E-state index contributed by atoms with van der Waals surface area (Å²) in [6.45, 7) is 2.36. The van der Waals surface area contributed by atoms with Crippen molar-refractivity contribution in [2.75, 3.05) is 42.7 Å². The molecule has 0 unspecified atom stereocenters. The SMILES string of the molecule is O=S(=O)(CCCCl)N1CCN(c2cccc3[nH]cnc23)CC1. The van der Waals surface area contributed by atoms with E-state index in [9.17, 15) is 8.42 Å². The normalized spacial score (nSPS) is 17.2. The lowest BCUT2D eigenvalue weighted by Gasteiger charge is -2.35. The van der Waals surface area contributed by atoms with Crippen LogP contribution in [-0.4, -0.2) is 60.5 Å². The lowest BCUT2D eigenvalue weighted by atomic mass is 10.2. The standard InChI is InChI=1S/C14H19ClN4O2S/c15-5-2-10-22(20,21)19-8-6-18(7-9-19)13-4-1-3-12-14(13)17-11-16-12/h1,3-4,11H,2,5-10H2,(H,16,17). The number of fused-ring (bicyclic) bond motifs is 1. The van der Waals surface area contributed by atoms with Crippen molar-refractivity contribution in [2.45, 2.75) is 6.42 Å². The van der Waals surface area contributed by atoms with Crippen LogP contribution in [0.1, 0.15) is 6.42 Å². The van der Waals surface area contributed by atoms with Crippen molar-refractivity contribution in [3.8, 4) is 0 Å². The second kappa shape index (κ2) is 6.44. The number of sulfonamides is 1. The molecule has 0 amide bonds. The van der Waals surface area contributed by atoms with Gasteiger partial charge in [0.15, 0.2) is 0 Å². The summed E-state index contributed by atoms with van der Waals surface area (Å²) in [4.78, 5) is 9.65. The largest absolute Gasteiger partial charge is 0.367 e. The predicted molar refractivity (Wildman–Crippen MR) is 89.0 cm³/mol. The maximum atomic E-state index is 12.2. The average molecular weight is 343 g/mol. The number of hydrogen-bond acceptors (Lipinski definition) is 4. The Bertz CT molecular complexity index is 738. The van der Waals surface area contributed by atoms with E-state index in [0.717, 1.165) is 16.7 Å². The Balaban J connectivity index is 1.71. The summed E-state index contributed by atoms with van der Waals surface area (Å²) in [7, 11) is -3.18. The smallest absolute Gasteiger partial charge is 0.214 e. The first-order valence-corrected chi connectivity index (χ1v) is 9.47. The number of benzene rings is 1. The first kappa shape index (κ1) is 15.6. The summed E-state index contributed by atoms with van der Waals surface area (Å²) in [6.07, 6.45) is 2.18. The zero-order chi connectivity index (χ0) is 15.6. The first-order valence-electron chi connectivity index (χ1n) is 7.32. The van der Waals surface area contributed by atoms with E-state index in [-0.39, 0.29) is 5.75 Å². The van der Waals surface area contributed by atoms with Gasteiger partial charge in [-0.2, -0.15) is 4.31 Å². The van der Waals surface area contributed by atoms with Crippen LogP contribution < -0.4 is 4.90 Å². The molecule has 1 saturated heterocycles. The van der Waals surface area contributed by atoms with Crippen LogP contribution in [0.25, 0.3) is 11.0 Å². The number of imidazole rings is 1. The van der Waals surface area contributed by atoms with E-state index in [1.54, 1.807) is 10.6 Å². The molecule has 1 aliphatic rings. The third kappa shape index (κ3) is 3.06. The summed E-state index contributed by atoms with van der Waals surface area (Å²) < 4.78 is 26.0. The van der Waals surface area contributed by atoms with Crippen LogP contribution in [0, 0.1) is 0 Å². The molecule has 1 fully saturated rings. The fourth-order valence-corrected chi connectivity index (χ4v) is 4.56. The Hall–Kier alpha value is -1.31. The number of hydrogen-bond donors (Lipinski definition) is 1. The number of alkyl halides is 1. The van der Waals surface area contributed by atoms with E-state index in [4.69, 9.17) is 11.6 Å². The summed E-state index contributed by atoms with van der Waals surface area (Å²) in [5, 5.41) is 0. The van der Waals surface area contributed by atoms with E-state index in [1.807, 2.05) is 18.2 Å². The third-order valence-electron chi connectivity index (χ3n) is 3.94. The molecule has 0 saturated carbocycles. The van der Waals surface area contributed by atoms with Gasteiger partial charge in [0.05, 0.1) is 23.3 Å². The molecule has 0 aliphatic carbocycles. The fraction of sp³-hybridized carbons (Fsp3) is 0.500. The van der Waals surface area contributed by atoms with Crippen LogP contribution in [0.5, 0.6) is 0 Å². The zero-order valence-electron chi connectivity index (χ0n) is 12.2. The molecule has 3 rings (SSSR count). The van der Waals surface area contributed by atoms with Gasteiger partial charge < -0.3 is 9.88 Å². The number of rotatable bonds is 5. The van der Waals surface area contributed by atoms with E-state index in [0.29, 0.717) is 38.5 Å². The Morgan fingerprint density at radius 2 is 2.00 bits per heavy atom.